The lowest BCUT2D eigenvalue weighted by molar-refractivity contribution is 0.0698. The zero-order valence-corrected chi connectivity index (χ0v) is 11.8. The molecule has 1 atom stereocenters. The van der Waals surface area contributed by atoms with E-state index >= 15 is 0 Å². The number of nitrogens with two attached hydrogens (primary N) is 1. The number of nitrogens with zero attached hydrogens (tertiary/aromatic N) is 1. The average Bonchev–Trinajstić information content (AvgIpc) is 2.67. The number of carboxylic acids is 1. The van der Waals surface area contributed by atoms with E-state index in [0.29, 0.717) is 18.6 Å². The molecule has 0 fully saturated rings. The maximum atomic E-state index is 11.4. The molecule has 108 valence electrons. The molecule has 0 amide bonds. The van der Waals surface area contributed by atoms with Crippen LogP contribution in [-0.4, -0.2) is 27.3 Å². The van der Waals surface area contributed by atoms with Crippen LogP contribution in [-0.2, 0) is 6.54 Å². The second-order valence-electron chi connectivity index (χ2n) is 4.98. The minimum Gasteiger partial charge on any atom is -0.478 e. The Morgan fingerprint density at radius 1 is 1.45 bits per heavy atom. The Morgan fingerprint density at radius 2 is 2.15 bits per heavy atom. The van der Waals surface area contributed by atoms with Crippen molar-refractivity contribution in [3.05, 3.63) is 35.0 Å². The molecule has 0 spiro atoms. The van der Waals surface area contributed by atoms with Crippen molar-refractivity contribution in [2.24, 2.45) is 5.73 Å². The van der Waals surface area contributed by atoms with Gasteiger partial charge in [-0.1, -0.05) is 12.1 Å². The quantitative estimate of drug-likeness (QED) is 0.779. The molecule has 2 rings (SSSR count). The summed E-state index contributed by atoms with van der Waals surface area (Å²) in [6, 6.07) is 5.16. The van der Waals surface area contributed by atoms with Gasteiger partial charge in [-0.15, -0.1) is 0 Å². The van der Waals surface area contributed by atoms with Crippen LogP contribution in [0.4, 0.5) is 0 Å². The second kappa shape index (κ2) is 5.64. The van der Waals surface area contributed by atoms with Crippen molar-refractivity contribution in [2.75, 3.05) is 6.54 Å². The molecule has 0 aliphatic rings. The zero-order chi connectivity index (χ0) is 14.9. The van der Waals surface area contributed by atoms with Crippen molar-refractivity contribution >= 4 is 16.9 Å². The third-order valence-corrected chi connectivity index (χ3v) is 3.62. The number of rotatable bonds is 5. The van der Waals surface area contributed by atoms with E-state index in [0.717, 1.165) is 23.1 Å². The molecule has 0 aliphatic heterocycles. The molecule has 0 saturated carbocycles. The maximum Gasteiger partial charge on any atom is 0.337 e. The Bertz CT molecular complexity index is 644. The summed E-state index contributed by atoms with van der Waals surface area (Å²) in [6.07, 6.45) is 0.123. The summed E-state index contributed by atoms with van der Waals surface area (Å²) in [5, 5.41) is 20.2. The van der Waals surface area contributed by atoms with Crippen molar-refractivity contribution in [1.82, 2.24) is 4.57 Å². The van der Waals surface area contributed by atoms with Gasteiger partial charge in [-0.3, -0.25) is 0 Å². The first-order valence-corrected chi connectivity index (χ1v) is 6.72. The van der Waals surface area contributed by atoms with Gasteiger partial charge in [0.25, 0.3) is 0 Å². The highest BCUT2D eigenvalue weighted by Crippen LogP contribution is 2.32. The monoisotopic (exact) mass is 276 g/mol. The number of aryl methyl sites for hydroxylation is 1. The summed E-state index contributed by atoms with van der Waals surface area (Å²) in [7, 11) is 0. The molecule has 0 aliphatic carbocycles. The fourth-order valence-electron chi connectivity index (χ4n) is 2.79. The lowest BCUT2D eigenvalue weighted by Gasteiger charge is -2.09. The normalized spacial score (nSPS) is 12.8. The van der Waals surface area contributed by atoms with Crippen LogP contribution in [0.15, 0.2) is 18.2 Å². The molecule has 20 heavy (non-hydrogen) atoms. The third-order valence-electron chi connectivity index (χ3n) is 3.62. The molecule has 4 N–H and O–H groups in total. The van der Waals surface area contributed by atoms with Gasteiger partial charge in [-0.05, 0) is 32.9 Å². The van der Waals surface area contributed by atoms with Crippen LogP contribution in [0, 0.1) is 6.92 Å². The first kappa shape index (κ1) is 14.6. The average molecular weight is 276 g/mol. The topological polar surface area (TPSA) is 88.5 Å². The van der Waals surface area contributed by atoms with Crippen molar-refractivity contribution in [2.45, 2.75) is 32.9 Å². The Labute approximate surface area is 117 Å². The van der Waals surface area contributed by atoms with E-state index in [-0.39, 0.29) is 5.56 Å². The maximum absolute atomic E-state index is 11.4. The SMILES string of the molecule is Cc1c(C(C)O)c2cccc(C(=O)O)c2n1CCCN. The number of aliphatic hydroxyl groups excluding tert-OH is 1. The van der Waals surface area contributed by atoms with E-state index in [9.17, 15) is 15.0 Å². The summed E-state index contributed by atoms with van der Waals surface area (Å²) >= 11 is 0. The fourth-order valence-corrected chi connectivity index (χ4v) is 2.79. The molecule has 5 heteroatoms. The van der Waals surface area contributed by atoms with Gasteiger partial charge in [0.1, 0.15) is 0 Å². The van der Waals surface area contributed by atoms with Crippen molar-refractivity contribution in [1.29, 1.82) is 0 Å². The molecule has 1 unspecified atom stereocenters. The predicted molar refractivity (Wildman–Crippen MR) is 77.9 cm³/mol. The largest absolute Gasteiger partial charge is 0.478 e. The van der Waals surface area contributed by atoms with Gasteiger partial charge in [0.15, 0.2) is 0 Å². The van der Waals surface area contributed by atoms with Crippen molar-refractivity contribution in [3.63, 3.8) is 0 Å². The number of aliphatic hydroxyl groups is 1. The molecular formula is C15H20N2O3. The zero-order valence-electron chi connectivity index (χ0n) is 11.8. The first-order chi connectivity index (χ1) is 9.49. The van der Waals surface area contributed by atoms with Crippen LogP contribution in [0.3, 0.4) is 0 Å². The molecule has 1 aromatic carbocycles. The minimum absolute atomic E-state index is 0.259. The van der Waals surface area contributed by atoms with Gasteiger partial charge in [-0.25, -0.2) is 4.79 Å². The number of aromatic nitrogens is 1. The molecule has 0 saturated heterocycles. The molecule has 0 radical (unpaired) electrons. The van der Waals surface area contributed by atoms with E-state index in [1.165, 1.54) is 0 Å². The number of carboxylic acid groups (broad SMARTS) is 1. The molecule has 0 bridgehead atoms. The van der Waals surface area contributed by atoms with Crippen LogP contribution in [0.25, 0.3) is 10.9 Å². The number of para-hydroxylation sites is 1. The summed E-state index contributed by atoms with van der Waals surface area (Å²) in [6.45, 7) is 4.79. The highest BCUT2D eigenvalue weighted by atomic mass is 16.4. The van der Waals surface area contributed by atoms with Gasteiger partial charge >= 0.3 is 5.97 Å². The Morgan fingerprint density at radius 3 is 2.70 bits per heavy atom. The second-order valence-corrected chi connectivity index (χ2v) is 4.98. The smallest absolute Gasteiger partial charge is 0.337 e. The lowest BCUT2D eigenvalue weighted by atomic mass is 10.0. The van der Waals surface area contributed by atoms with Gasteiger partial charge in [0, 0.05) is 23.2 Å². The lowest BCUT2D eigenvalue weighted by Crippen LogP contribution is -2.09. The number of hydrogen-bond donors (Lipinski definition) is 3. The van der Waals surface area contributed by atoms with Crippen LogP contribution in [0.1, 0.15) is 41.1 Å². The standard InChI is InChI=1S/C15H20N2O3/c1-9-13(10(2)18)11-5-3-6-12(15(19)20)14(11)17(9)8-4-7-16/h3,5-6,10,18H,4,7-8,16H2,1-2H3,(H,19,20). The van der Waals surface area contributed by atoms with Crippen molar-refractivity contribution in [3.8, 4) is 0 Å². The number of fused-ring (bicyclic) bond motifs is 1. The van der Waals surface area contributed by atoms with Gasteiger partial charge in [0.05, 0.1) is 17.2 Å². The third kappa shape index (κ3) is 2.30. The summed E-state index contributed by atoms with van der Waals surface area (Å²) in [4.78, 5) is 11.4. The predicted octanol–water partition coefficient (Wildman–Crippen LogP) is 2.05. The summed E-state index contributed by atoms with van der Waals surface area (Å²) in [5.74, 6) is -0.959. The van der Waals surface area contributed by atoms with Gasteiger partial charge < -0.3 is 20.5 Å². The van der Waals surface area contributed by atoms with Crippen molar-refractivity contribution < 1.29 is 15.0 Å². The van der Waals surface area contributed by atoms with Crippen LogP contribution >= 0.6 is 0 Å². The number of hydrogen-bond acceptors (Lipinski definition) is 3. The highest BCUT2D eigenvalue weighted by molar-refractivity contribution is 6.04. The Kier molecular flexibility index (Phi) is 4.11. The Balaban J connectivity index is 2.80. The van der Waals surface area contributed by atoms with E-state index < -0.39 is 12.1 Å². The fraction of sp³-hybridized carbons (Fsp3) is 0.400. The summed E-state index contributed by atoms with van der Waals surface area (Å²) in [5.41, 5.74) is 8.18. The Hall–Kier alpha value is -1.85. The molecular weight excluding hydrogens is 256 g/mol. The van der Waals surface area contributed by atoms with Crippen LogP contribution < -0.4 is 5.73 Å². The number of carbonyl (C=O) groups is 1. The molecule has 1 aromatic heterocycles. The highest BCUT2D eigenvalue weighted by Gasteiger charge is 2.21. The van der Waals surface area contributed by atoms with Crippen LogP contribution in [0.2, 0.25) is 0 Å². The van der Waals surface area contributed by atoms with Gasteiger partial charge in [-0.2, -0.15) is 0 Å². The van der Waals surface area contributed by atoms with Crippen LogP contribution in [0.5, 0.6) is 0 Å². The number of aromatic carboxylic acids is 1. The number of benzene rings is 1. The van der Waals surface area contributed by atoms with E-state index in [2.05, 4.69) is 0 Å². The molecule has 2 aromatic rings. The van der Waals surface area contributed by atoms with Gasteiger partial charge in [0.2, 0.25) is 0 Å². The minimum atomic E-state index is -0.959. The molecule has 5 nitrogen and oxygen atoms in total. The van der Waals surface area contributed by atoms with E-state index in [1.54, 1.807) is 19.1 Å². The van der Waals surface area contributed by atoms with E-state index in [4.69, 9.17) is 5.73 Å². The first-order valence-electron chi connectivity index (χ1n) is 6.72. The molecule has 1 heterocycles. The van der Waals surface area contributed by atoms with E-state index in [1.807, 2.05) is 17.6 Å². The summed E-state index contributed by atoms with van der Waals surface area (Å²) < 4.78 is 1.95.